The van der Waals surface area contributed by atoms with Gasteiger partial charge in [-0.2, -0.15) is 5.10 Å². The minimum Gasteiger partial charge on any atom is -0.463 e. The molecule has 1 aromatic rings. The predicted molar refractivity (Wildman–Crippen MR) is 77.7 cm³/mol. The van der Waals surface area contributed by atoms with E-state index in [1.165, 1.54) is 10.7 Å². The predicted octanol–water partition coefficient (Wildman–Crippen LogP) is 2.28. The molecule has 0 atom stereocenters. The highest BCUT2D eigenvalue weighted by molar-refractivity contribution is 5.84. The minimum atomic E-state index is -2.66. The van der Waals surface area contributed by atoms with Gasteiger partial charge in [-0.05, 0) is 32.8 Å². The Morgan fingerprint density at radius 2 is 2.22 bits per heavy atom. The van der Waals surface area contributed by atoms with E-state index in [1.807, 2.05) is 0 Å². The average Bonchev–Trinajstić information content (AvgIpc) is 3.20. The lowest BCUT2D eigenvalue weighted by molar-refractivity contribution is -0.137. The number of ether oxygens (including phenoxy) is 1. The molecule has 1 aromatic heterocycles. The Kier molecular flexibility index (Phi) is 5.46. The van der Waals surface area contributed by atoms with E-state index in [1.54, 1.807) is 13.8 Å². The van der Waals surface area contributed by atoms with Crippen molar-refractivity contribution in [3.63, 3.8) is 0 Å². The Labute approximate surface area is 132 Å². The molecule has 6 nitrogen and oxygen atoms in total. The molecule has 2 rings (SSSR count). The van der Waals surface area contributed by atoms with Gasteiger partial charge in [-0.1, -0.05) is 0 Å². The molecule has 0 unspecified atom stereocenters. The van der Waals surface area contributed by atoms with Gasteiger partial charge in [0.15, 0.2) is 0 Å². The number of carbonyl (C=O) groups excluding carboxylic acids is 2. The first kappa shape index (κ1) is 17.1. The fourth-order valence-corrected chi connectivity index (χ4v) is 2.19. The monoisotopic (exact) mass is 327 g/mol. The van der Waals surface area contributed by atoms with Crippen LogP contribution in [0.3, 0.4) is 0 Å². The molecular weight excluding hydrogens is 308 g/mol. The molecule has 0 aromatic carbocycles. The maximum atomic E-state index is 12.8. The molecule has 0 saturated heterocycles. The Hall–Kier alpha value is -2.25. The van der Waals surface area contributed by atoms with Gasteiger partial charge in [-0.15, -0.1) is 0 Å². The number of rotatable bonds is 7. The standard InChI is InChI=1S/C15H19F2N3O3/c1-3-23-14(22)6-9(2)18-13(21)8-20-12(10-4-5-10)7-11(19-20)15(16)17/h6-7,10,15H,3-5,8H2,1-2H3,(H,18,21)/b9-6+. The van der Waals surface area contributed by atoms with Crippen LogP contribution in [-0.4, -0.2) is 28.3 Å². The molecule has 23 heavy (non-hydrogen) atoms. The molecule has 1 N–H and O–H groups in total. The van der Waals surface area contributed by atoms with E-state index in [-0.39, 0.29) is 24.8 Å². The fourth-order valence-electron chi connectivity index (χ4n) is 2.19. The van der Waals surface area contributed by atoms with E-state index in [9.17, 15) is 18.4 Å². The van der Waals surface area contributed by atoms with Crippen molar-refractivity contribution in [1.29, 1.82) is 0 Å². The number of nitrogens with zero attached hydrogens (tertiary/aromatic N) is 2. The van der Waals surface area contributed by atoms with E-state index < -0.39 is 18.3 Å². The van der Waals surface area contributed by atoms with Crippen LogP contribution in [0, 0.1) is 0 Å². The van der Waals surface area contributed by atoms with E-state index in [0.717, 1.165) is 18.9 Å². The lowest BCUT2D eigenvalue weighted by Crippen LogP contribution is -2.27. The van der Waals surface area contributed by atoms with Crippen LogP contribution in [-0.2, 0) is 20.9 Å². The fraction of sp³-hybridized carbons (Fsp3) is 0.533. The second-order valence-electron chi connectivity index (χ2n) is 5.35. The van der Waals surface area contributed by atoms with Crippen molar-refractivity contribution in [2.75, 3.05) is 6.61 Å². The van der Waals surface area contributed by atoms with Gasteiger partial charge in [-0.25, -0.2) is 13.6 Å². The van der Waals surface area contributed by atoms with Gasteiger partial charge in [0.2, 0.25) is 5.91 Å². The van der Waals surface area contributed by atoms with Crippen LogP contribution in [0.25, 0.3) is 0 Å². The molecule has 1 fully saturated rings. The first-order valence-electron chi connectivity index (χ1n) is 7.41. The van der Waals surface area contributed by atoms with Crippen LogP contribution in [0.2, 0.25) is 0 Å². The normalized spacial score (nSPS) is 14.9. The number of halogens is 2. The van der Waals surface area contributed by atoms with Gasteiger partial charge in [0, 0.05) is 23.4 Å². The van der Waals surface area contributed by atoms with E-state index in [2.05, 4.69) is 10.4 Å². The third kappa shape index (κ3) is 4.87. The maximum Gasteiger partial charge on any atom is 0.332 e. The zero-order valence-electron chi connectivity index (χ0n) is 13.0. The number of aromatic nitrogens is 2. The van der Waals surface area contributed by atoms with Crippen molar-refractivity contribution in [3.8, 4) is 0 Å². The zero-order valence-corrected chi connectivity index (χ0v) is 13.0. The van der Waals surface area contributed by atoms with Gasteiger partial charge < -0.3 is 10.1 Å². The summed E-state index contributed by atoms with van der Waals surface area (Å²) < 4.78 is 31.6. The number of esters is 1. The molecule has 1 heterocycles. The van der Waals surface area contributed by atoms with Gasteiger partial charge >= 0.3 is 5.97 Å². The quantitative estimate of drug-likeness (QED) is 0.616. The Morgan fingerprint density at radius 1 is 1.52 bits per heavy atom. The minimum absolute atomic E-state index is 0.174. The highest BCUT2D eigenvalue weighted by atomic mass is 19.3. The summed E-state index contributed by atoms with van der Waals surface area (Å²) in [6.45, 7) is 3.29. The van der Waals surface area contributed by atoms with Gasteiger partial charge in [0.25, 0.3) is 6.43 Å². The topological polar surface area (TPSA) is 73.2 Å². The lowest BCUT2D eigenvalue weighted by Gasteiger charge is -2.08. The van der Waals surface area contributed by atoms with E-state index in [4.69, 9.17) is 4.74 Å². The Morgan fingerprint density at radius 3 is 2.78 bits per heavy atom. The zero-order chi connectivity index (χ0) is 17.0. The molecule has 1 saturated carbocycles. The summed E-state index contributed by atoms with van der Waals surface area (Å²) in [6.07, 6.45) is 0.328. The second kappa shape index (κ2) is 7.34. The maximum absolute atomic E-state index is 12.8. The van der Waals surface area contributed by atoms with Crippen LogP contribution in [0.15, 0.2) is 17.8 Å². The van der Waals surface area contributed by atoms with Crippen LogP contribution >= 0.6 is 0 Å². The van der Waals surface area contributed by atoms with Crippen molar-refractivity contribution < 1.29 is 23.1 Å². The Bertz CT molecular complexity index is 621. The number of alkyl halides is 2. The van der Waals surface area contributed by atoms with Crippen molar-refractivity contribution in [1.82, 2.24) is 15.1 Å². The number of allylic oxidation sites excluding steroid dienone is 1. The smallest absolute Gasteiger partial charge is 0.332 e. The molecule has 1 aliphatic carbocycles. The van der Waals surface area contributed by atoms with Crippen LogP contribution in [0.4, 0.5) is 8.78 Å². The van der Waals surface area contributed by atoms with Gasteiger partial charge in [-0.3, -0.25) is 9.48 Å². The number of nitrogens with one attached hydrogen (secondary N) is 1. The number of carbonyl (C=O) groups is 2. The van der Waals surface area contributed by atoms with Crippen molar-refractivity contribution in [3.05, 3.63) is 29.2 Å². The summed E-state index contributed by atoms with van der Waals surface area (Å²) >= 11 is 0. The first-order valence-corrected chi connectivity index (χ1v) is 7.41. The molecule has 0 spiro atoms. The summed E-state index contributed by atoms with van der Waals surface area (Å²) in [5.74, 6) is -0.795. The van der Waals surface area contributed by atoms with Crippen molar-refractivity contribution >= 4 is 11.9 Å². The molecule has 1 amide bonds. The van der Waals surface area contributed by atoms with Gasteiger partial charge in [0.05, 0.1) is 6.61 Å². The van der Waals surface area contributed by atoms with Crippen molar-refractivity contribution in [2.45, 2.75) is 45.6 Å². The summed E-state index contributed by atoms with van der Waals surface area (Å²) in [5.41, 5.74) is 0.656. The summed E-state index contributed by atoms with van der Waals surface area (Å²) in [5, 5.41) is 6.32. The van der Waals surface area contributed by atoms with E-state index in [0.29, 0.717) is 11.4 Å². The number of hydrogen-bond donors (Lipinski definition) is 1. The van der Waals surface area contributed by atoms with Crippen LogP contribution in [0.5, 0.6) is 0 Å². The number of amides is 1. The highest BCUT2D eigenvalue weighted by Gasteiger charge is 2.30. The molecule has 0 bridgehead atoms. The lowest BCUT2D eigenvalue weighted by atomic mass is 10.2. The summed E-state index contributed by atoms with van der Waals surface area (Å²) in [7, 11) is 0. The van der Waals surface area contributed by atoms with E-state index >= 15 is 0 Å². The summed E-state index contributed by atoms with van der Waals surface area (Å²) in [6, 6.07) is 1.36. The Balaban J connectivity index is 2.01. The summed E-state index contributed by atoms with van der Waals surface area (Å²) in [4.78, 5) is 23.3. The largest absolute Gasteiger partial charge is 0.463 e. The number of hydrogen-bond acceptors (Lipinski definition) is 4. The molecule has 8 heteroatoms. The molecular formula is C15H19F2N3O3. The SMILES string of the molecule is CCOC(=O)/C=C(\C)NC(=O)Cn1nc(C(F)F)cc1C1CC1. The van der Waals surface area contributed by atoms with Crippen molar-refractivity contribution in [2.24, 2.45) is 0 Å². The molecule has 1 aliphatic rings. The molecule has 0 aliphatic heterocycles. The molecule has 126 valence electrons. The third-order valence-electron chi connectivity index (χ3n) is 3.30. The first-order chi connectivity index (χ1) is 10.9. The second-order valence-corrected chi connectivity index (χ2v) is 5.35. The van der Waals surface area contributed by atoms with Crippen LogP contribution in [0.1, 0.15) is 50.4 Å². The van der Waals surface area contributed by atoms with Crippen LogP contribution < -0.4 is 5.32 Å². The molecule has 0 radical (unpaired) electrons. The highest BCUT2D eigenvalue weighted by Crippen LogP contribution is 2.41. The third-order valence-corrected chi connectivity index (χ3v) is 3.30. The van der Waals surface area contributed by atoms with Gasteiger partial charge in [0.1, 0.15) is 12.2 Å². The average molecular weight is 327 g/mol.